The van der Waals surface area contributed by atoms with E-state index in [9.17, 15) is 4.39 Å². The molecule has 6 heteroatoms. The van der Waals surface area contributed by atoms with Gasteiger partial charge in [-0.15, -0.1) is 0 Å². The van der Waals surface area contributed by atoms with Crippen LogP contribution in [0.2, 0.25) is 0 Å². The molecule has 1 aliphatic heterocycles. The van der Waals surface area contributed by atoms with Crippen LogP contribution in [0.1, 0.15) is 19.4 Å². The molecule has 1 saturated heterocycles. The average Bonchev–Trinajstić information content (AvgIpc) is 2.60. The molecule has 2 N–H and O–H groups in total. The van der Waals surface area contributed by atoms with Crippen molar-refractivity contribution in [1.82, 2.24) is 15.5 Å². The fourth-order valence-electron chi connectivity index (χ4n) is 2.78. The summed E-state index contributed by atoms with van der Waals surface area (Å²) in [4.78, 5) is 6.71. The number of hydrogen-bond donors (Lipinski definition) is 2. The predicted octanol–water partition coefficient (Wildman–Crippen LogP) is 1.64. The minimum atomic E-state index is -0.200. The smallest absolute Gasteiger partial charge is 0.191 e. The molecule has 1 aromatic rings. The minimum absolute atomic E-state index is 0.0400. The quantitative estimate of drug-likeness (QED) is 0.613. The van der Waals surface area contributed by atoms with E-state index in [4.69, 9.17) is 4.74 Å². The highest BCUT2D eigenvalue weighted by Crippen LogP contribution is 2.14. The van der Waals surface area contributed by atoms with Crippen molar-refractivity contribution in [3.05, 3.63) is 35.6 Å². The lowest BCUT2D eigenvalue weighted by molar-refractivity contribution is -0.00833. The Hall–Kier alpha value is -1.66. The van der Waals surface area contributed by atoms with Crippen LogP contribution in [-0.2, 0) is 11.2 Å². The van der Waals surface area contributed by atoms with Gasteiger partial charge >= 0.3 is 0 Å². The first-order chi connectivity index (χ1) is 11.5. The molecule has 1 aliphatic rings. The maximum absolute atomic E-state index is 12.9. The Morgan fingerprint density at radius 1 is 1.21 bits per heavy atom. The molecule has 0 saturated carbocycles. The van der Waals surface area contributed by atoms with Crippen LogP contribution in [0.15, 0.2) is 29.3 Å². The van der Waals surface area contributed by atoms with Gasteiger partial charge in [-0.25, -0.2) is 4.39 Å². The Labute approximate surface area is 144 Å². The Bertz CT molecular complexity index is 524. The summed E-state index contributed by atoms with van der Waals surface area (Å²) in [5, 5.41) is 6.71. The lowest BCUT2D eigenvalue weighted by atomic mass is 10.0. The number of nitrogens with zero attached hydrogens (tertiary/aromatic N) is 2. The number of halogens is 1. The molecule has 1 aromatic carbocycles. The second-order valence-electron chi connectivity index (χ2n) is 6.64. The molecule has 0 spiro atoms. The van der Waals surface area contributed by atoms with E-state index < -0.39 is 0 Å². The monoisotopic (exact) mass is 336 g/mol. The highest BCUT2D eigenvalue weighted by Gasteiger charge is 2.28. The van der Waals surface area contributed by atoms with Gasteiger partial charge in [0.1, 0.15) is 5.82 Å². The summed E-state index contributed by atoms with van der Waals surface area (Å²) in [5.41, 5.74) is 1.14. The fourth-order valence-corrected chi connectivity index (χ4v) is 2.78. The van der Waals surface area contributed by atoms with Crippen molar-refractivity contribution in [3.8, 4) is 0 Å². The Balaban J connectivity index is 1.74. The number of ether oxygens (including phenoxy) is 1. The molecule has 0 bridgehead atoms. The summed E-state index contributed by atoms with van der Waals surface area (Å²) in [5.74, 6) is 0.591. The van der Waals surface area contributed by atoms with Crippen LogP contribution in [0.4, 0.5) is 4.39 Å². The summed E-state index contributed by atoms with van der Waals surface area (Å²) in [6.45, 7) is 9.56. The molecule has 24 heavy (non-hydrogen) atoms. The van der Waals surface area contributed by atoms with Crippen LogP contribution in [-0.4, -0.2) is 62.8 Å². The highest BCUT2D eigenvalue weighted by molar-refractivity contribution is 5.79. The van der Waals surface area contributed by atoms with Gasteiger partial charge < -0.3 is 15.4 Å². The van der Waals surface area contributed by atoms with Gasteiger partial charge in [-0.2, -0.15) is 0 Å². The third-order valence-electron chi connectivity index (χ3n) is 4.40. The summed E-state index contributed by atoms with van der Waals surface area (Å²) in [6.07, 6.45) is 0.827. The van der Waals surface area contributed by atoms with Gasteiger partial charge in [0.05, 0.1) is 13.2 Å². The Morgan fingerprint density at radius 2 is 1.88 bits per heavy atom. The molecule has 0 unspecified atom stereocenters. The zero-order chi connectivity index (χ0) is 17.4. The molecule has 0 aliphatic carbocycles. The molecular weight excluding hydrogens is 307 g/mol. The van der Waals surface area contributed by atoms with E-state index in [-0.39, 0.29) is 11.4 Å². The van der Waals surface area contributed by atoms with E-state index in [0.29, 0.717) is 0 Å². The molecular formula is C18H29FN4O. The molecule has 0 aromatic heterocycles. The van der Waals surface area contributed by atoms with E-state index in [2.05, 4.69) is 34.4 Å². The van der Waals surface area contributed by atoms with E-state index in [1.54, 1.807) is 7.05 Å². The third-order valence-corrected chi connectivity index (χ3v) is 4.40. The van der Waals surface area contributed by atoms with Crippen molar-refractivity contribution in [1.29, 1.82) is 0 Å². The number of aliphatic imine (C=N–C) groups is 1. The van der Waals surface area contributed by atoms with Gasteiger partial charge in [0.15, 0.2) is 5.96 Å². The summed E-state index contributed by atoms with van der Waals surface area (Å²) in [7, 11) is 1.77. The minimum Gasteiger partial charge on any atom is -0.379 e. The van der Waals surface area contributed by atoms with Crippen LogP contribution < -0.4 is 10.6 Å². The Kier molecular flexibility index (Phi) is 6.99. The van der Waals surface area contributed by atoms with Gasteiger partial charge in [0.2, 0.25) is 0 Å². The summed E-state index contributed by atoms with van der Waals surface area (Å²) in [6, 6.07) is 6.62. The number of guanidine groups is 1. The Morgan fingerprint density at radius 3 is 2.50 bits per heavy atom. The standard InChI is InChI=1S/C18H29FN4O/c1-18(2,23-10-12-24-13-11-23)14-22-17(20-3)21-9-8-15-4-6-16(19)7-5-15/h4-7H,8-14H2,1-3H3,(H2,20,21,22). The maximum atomic E-state index is 12.9. The van der Waals surface area contributed by atoms with Crippen LogP contribution >= 0.6 is 0 Å². The van der Waals surface area contributed by atoms with E-state index >= 15 is 0 Å². The van der Waals surface area contributed by atoms with Crippen molar-refractivity contribution < 1.29 is 9.13 Å². The molecule has 0 radical (unpaired) electrons. The van der Waals surface area contributed by atoms with E-state index in [1.807, 2.05) is 12.1 Å². The van der Waals surface area contributed by atoms with Gasteiger partial charge in [-0.05, 0) is 38.0 Å². The third kappa shape index (κ3) is 5.76. The first-order valence-electron chi connectivity index (χ1n) is 8.53. The molecule has 1 heterocycles. The van der Waals surface area contributed by atoms with Crippen molar-refractivity contribution in [2.45, 2.75) is 25.8 Å². The average molecular weight is 336 g/mol. The number of nitrogens with one attached hydrogen (secondary N) is 2. The van der Waals surface area contributed by atoms with E-state index in [1.165, 1.54) is 12.1 Å². The van der Waals surface area contributed by atoms with Gasteiger partial charge in [0.25, 0.3) is 0 Å². The van der Waals surface area contributed by atoms with Crippen molar-refractivity contribution in [3.63, 3.8) is 0 Å². The zero-order valence-corrected chi connectivity index (χ0v) is 14.9. The summed E-state index contributed by atoms with van der Waals surface area (Å²) >= 11 is 0. The molecule has 0 amide bonds. The second-order valence-corrected chi connectivity index (χ2v) is 6.64. The largest absolute Gasteiger partial charge is 0.379 e. The highest BCUT2D eigenvalue weighted by atomic mass is 19.1. The van der Waals surface area contributed by atoms with Crippen molar-refractivity contribution in [2.24, 2.45) is 4.99 Å². The molecule has 5 nitrogen and oxygen atoms in total. The van der Waals surface area contributed by atoms with Gasteiger partial charge in [-0.1, -0.05) is 12.1 Å². The lowest BCUT2D eigenvalue weighted by Gasteiger charge is -2.41. The zero-order valence-electron chi connectivity index (χ0n) is 14.9. The summed E-state index contributed by atoms with van der Waals surface area (Å²) < 4.78 is 18.3. The van der Waals surface area contributed by atoms with Crippen LogP contribution in [0.25, 0.3) is 0 Å². The van der Waals surface area contributed by atoms with Crippen LogP contribution in [0.3, 0.4) is 0 Å². The molecule has 0 atom stereocenters. The van der Waals surface area contributed by atoms with Crippen LogP contribution in [0.5, 0.6) is 0 Å². The maximum Gasteiger partial charge on any atom is 0.191 e. The number of hydrogen-bond acceptors (Lipinski definition) is 3. The topological polar surface area (TPSA) is 48.9 Å². The molecule has 2 rings (SSSR count). The van der Waals surface area contributed by atoms with Gasteiger partial charge in [0, 0.05) is 38.8 Å². The second kappa shape index (κ2) is 8.99. The predicted molar refractivity (Wildman–Crippen MR) is 95.9 cm³/mol. The normalized spacial score (nSPS) is 16.9. The van der Waals surface area contributed by atoms with E-state index in [0.717, 1.165) is 57.3 Å². The number of rotatable bonds is 6. The first kappa shape index (κ1) is 18.7. The van der Waals surface area contributed by atoms with Crippen LogP contribution in [0, 0.1) is 5.82 Å². The molecule has 134 valence electrons. The SMILES string of the molecule is CN=C(NCCc1ccc(F)cc1)NCC(C)(C)N1CCOCC1. The number of morpholine rings is 1. The fraction of sp³-hybridized carbons (Fsp3) is 0.611. The van der Waals surface area contributed by atoms with Crippen molar-refractivity contribution >= 4 is 5.96 Å². The van der Waals surface area contributed by atoms with Crippen molar-refractivity contribution in [2.75, 3.05) is 46.4 Å². The first-order valence-corrected chi connectivity index (χ1v) is 8.53. The molecule has 1 fully saturated rings. The number of benzene rings is 1. The lowest BCUT2D eigenvalue weighted by Crippen LogP contribution is -2.56. The van der Waals surface area contributed by atoms with Gasteiger partial charge in [-0.3, -0.25) is 9.89 Å².